The van der Waals surface area contributed by atoms with Crippen LogP contribution in [0.5, 0.6) is 0 Å². The van der Waals surface area contributed by atoms with E-state index >= 15 is 0 Å². The van der Waals surface area contributed by atoms with Crippen molar-refractivity contribution in [3.63, 3.8) is 0 Å². The number of carboxylic acid groups (broad SMARTS) is 1. The molecule has 0 fully saturated rings. The highest BCUT2D eigenvalue weighted by Gasteiger charge is 2.10. The predicted octanol–water partition coefficient (Wildman–Crippen LogP) is 0.815. The Kier molecular flexibility index (Phi) is 4.68. The Hall–Kier alpha value is -1.85. The topological polar surface area (TPSA) is 92.2 Å². The van der Waals surface area contributed by atoms with Crippen LogP contribution < -0.4 is 11.2 Å². The summed E-state index contributed by atoms with van der Waals surface area (Å²) >= 11 is 0. The van der Waals surface area contributed by atoms with E-state index in [0.717, 1.165) is 31.9 Å². The van der Waals surface area contributed by atoms with E-state index < -0.39 is 22.8 Å². The van der Waals surface area contributed by atoms with Crippen molar-refractivity contribution in [2.24, 2.45) is 0 Å². The molecule has 0 aliphatic heterocycles. The van der Waals surface area contributed by atoms with Crippen LogP contribution in [0.1, 0.15) is 43.0 Å². The Labute approximate surface area is 97.9 Å². The first kappa shape index (κ1) is 13.2. The molecule has 1 heterocycles. The maximum absolute atomic E-state index is 11.4. The van der Waals surface area contributed by atoms with E-state index in [-0.39, 0.29) is 0 Å². The molecule has 0 saturated heterocycles. The summed E-state index contributed by atoms with van der Waals surface area (Å²) in [5.41, 5.74) is -1.82. The van der Waals surface area contributed by atoms with Gasteiger partial charge in [0.25, 0.3) is 5.56 Å². The summed E-state index contributed by atoms with van der Waals surface area (Å²) < 4.78 is 1.24. The van der Waals surface area contributed by atoms with Gasteiger partial charge in [-0.15, -0.1) is 0 Å². The van der Waals surface area contributed by atoms with E-state index in [4.69, 9.17) is 5.11 Å². The minimum atomic E-state index is -1.33. The number of nitrogens with zero attached hydrogens (tertiary/aromatic N) is 1. The Morgan fingerprint density at radius 3 is 2.65 bits per heavy atom. The van der Waals surface area contributed by atoms with Crippen molar-refractivity contribution in [3.8, 4) is 0 Å². The van der Waals surface area contributed by atoms with Gasteiger partial charge in [-0.3, -0.25) is 14.3 Å². The maximum Gasteiger partial charge on any atom is 0.342 e. The molecule has 0 bridgehead atoms. The summed E-state index contributed by atoms with van der Waals surface area (Å²) in [5.74, 6) is -1.33. The van der Waals surface area contributed by atoms with E-state index in [0.29, 0.717) is 6.54 Å². The zero-order valence-electron chi connectivity index (χ0n) is 9.73. The van der Waals surface area contributed by atoms with Crippen LogP contribution in [0, 0.1) is 0 Å². The third-order valence-electron chi connectivity index (χ3n) is 2.49. The van der Waals surface area contributed by atoms with E-state index in [1.165, 1.54) is 4.57 Å². The standard InChI is InChI=1S/C11H16N2O4/c1-2-3-4-5-6-13-7-8(10(15)16)9(14)12-11(13)17/h7H,2-6H2,1H3,(H,15,16)(H,12,14,17). The van der Waals surface area contributed by atoms with E-state index in [1.54, 1.807) is 0 Å². The Bertz CT molecular complexity index is 501. The predicted molar refractivity (Wildman–Crippen MR) is 62.4 cm³/mol. The number of hydrogen-bond donors (Lipinski definition) is 2. The molecule has 0 atom stereocenters. The second-order valence-electron chi connectivity index (χ2n) is 3.86. The molecule has 0 radical (unpaired) electrons. The number of nitrogens with one attached hydrogen (secondary N) is 1. The zero-order valence-corrected chi connectivity index (χ0v) is 9.73. The average Bonchev–Trinajstić information content (AvgIpc) is 2.26. The van der Waals surface area contributed by atoms with Crippen LogP contribution >= 0.6 is 0 Å². The molecular formula is C11H16N2O4. The average molecular weight is 240 g/mol. The smallest absolute Gasteiger partial charge is 0.342 e. The number of carboxylic acids is 1. The van der Waals surface area contributed by atoms with Gasteiger partial charge in [0.1, 0.15) is 5.56 Å². The molecule has 0 amide bonds. The van der Waals surface area contributed by atoms with Gasteiger partial charge >= 0.3 is 11.7 Å². The summed E-state index contributed by atoms with van der Waals surface area (Å²) in [6.45, 7) is 2.50. The highest BCUT2D eigenvalue weighted by Crippen LogP contribution is 2.00. The lowest BCUT2D eigenvalue weighted by molar-refractivity contribution is 0.0693. The fourth-order valence-corrected chi connectivity index (χ4v) is 1.54. The third kappa shape index (κ3) is 3.58. The van der Waals surface area contributed by atoms with Crippen molar-refractivity contribution in [2.45, 2.75) is 39.2 Å². The van der Waals surface area contributed by atoms with Crippen molar-refractivity contribution >= 4 is 5.97 Å². The van der Waals surface area contributed by atoms with Gasteiger partial charge in [0, 0.05) is 12.7 Å². The Balaban J connectivity index is 2.85. The summed E-state index contributed by atoms with van der Waals surface area (Å²) in [6.07, 6.45) is 5.03. The van der Waals surface area contributed by atoms with Crippen molar-refractivity contribution in [2.75, 3.05) is 0 Å². The minimum Gasteiger partial charge on any atom is -0.477 e. The van der Waals surface area contributed by atoms with Gasteiger partial charge in [-0.05, 0) is 6.42 Å². The molecule has 0 saturated carbocycles. The van der Waals surface area contributed by atoms with E-state index in [9.17, 15) is 14.4 Å². The van der Waals surface area contributed by atoms with Crippen molar-refractivity contribution in [3.05, 3.63) is 32.6 Å². The first-order valence-corrected chi connectivity index (χ1v) is 5.63. The van der Waals surface area contributed by atoms with Crippen LogP contribution in [-0.2, 0) is 6.54 Å². The highest BCUT2D eigenvalue weighted by atomic mass is 16.4. The number of carbonyl (C=O) groups is 1. The van der Waals surface area contributed by atoms with Crippen LogP contribution in [0.2, 0.25) is 0 Å². The summed E-state index contributed by atoms with van der Waals surface area (Å²) in [4.78, 5) is 35.3. The van der Waals surface area contributed by atoms with E-state index in [1.807, 2.05) is 4.98 Å². The lowest BCUT2D eigenvalue weighted by atomic mass is 10.2. The highest BCUT2D eigenvalue weighted by molar-refractivity contribution is 5.86. The van der Waals surface area contributed by atoms with Gasteiger partial charge < -0.3 is 5.11 Å². The summed E-state index contributed by atoms with van der Waals surface area (Å²) in [7, 11) is 0. The number of aromatic carboxylic acids is 1. The lowest BCUT2D eigenvalue weighted by Crippen LogP contribution is -2.33. The van der Waals surface area contributed by atoms with Gasteiger partial charge in [0.15, 0.2) is 0 Å². The first-order valence-electron chi connectivity index (χ1n) is 5.63. The van der Waals surface area contributed by atoms with Crippen molar-refractivity contribution in [1.82, 2.24) is 9.55 Å². The maximum atomic E-state index is 11.4. The number of aromatic amines is 1. The number of unbranched alkanes of at least 4 members (excludes halogenated alkanes) is 3. The van der Waals surface area contributed by atoms with Crippen molar-refractivity contribution < 1.29 is 9.90 Å². The molecular weight excluding hydrogens is 224 g/mol. The Morgan fingerprint density at radius 1 is 1.35 bits per heavy atom. The molecule has 94 valence electrons. The number of aryl methyl sites for hydroxylation is 1. The molecule has 0 aromatic carbocycles. The number of H-pyrrole nitrogens is 1. The molecule has 0 unspecified atom stereocenters. The monoisotopic (exact) mass is 240 g/mol. The van der Waals surface area contributed by atoms with Crippen LogP contribution in [-0.4, -0.2) is 20.6 Å². The van der Waals surface area contributed by atoms with Crippen LogP contribution in [0.15, 0.2) is 15.8 Å². The largest absolute Gasteiger partial charge is 0.477 e. The molecule has 1 rings (SSSR count). The molecule has 0 aliphatic rings. The molecule has 0 spiro atoms. The molecule has 6 nitrogen and oxygen atoms in total. The van der Waals surface area contributed by atoms with Crippen LogP contribution in [0.3, 0.4) is 0 Å². The lowest BCUT2D eigenvalue weighted by Gasteiger charge is -2.05. The van der Waals surface area contributed by atoms with Gasteiger partial charge in [0.05, 0.1) is 0 Å². The van der Waals surface area contributed by atoms with Crippen LogP contribution in [0.25, 0.3) is 0 Å². The molecule has 1 aromatic rings. The number of aromatic nitrogens is 2. The van der Waals surface area contributed by atoms with Gasteiger partial charge in [-0.25, -0.2) is 9.59 Å². The van der Waals surface area contributed by atoms with Gasteiger partial charge in [0.2, 0.25) is 0 Å². The van der Waals surface area contributed by atoms with Crippen LogP contribution in [0.4, 0.5) is 0 Å². The number of hydrogen-bond acceptors (Lipinski definition) is 3. The zero-order chi connectivity index (χ0) is 12.8. The molecule has 6 heteroatoms. The summed E-state index contributed by atoms with van der Waals surface area (Å²) in [6, 6.07) is 0. The minimum absolute atomic E-state index is 0.403. The third-order valence-corrected chi connectivity index (χ3v) is 2.49. The SMILES string of the molecule is CCCCCCn1cc(C(=O)O)c(=O)[nH]c1=O. The second-order valence-corrected chi connectivity index (χ2v) is 3.86. The molecule has 2 N–H and O–H groups in total. The fourth-order valence-electron chi connectivity index (χ4n) is 1.54. The fraction of sp³-hybridized carbons (Fsp3) is 0.545. The van der Waals surface area contributed by atoms with Gasteiger partial charge in [-0.2, -0.15) is 0 Å². The Morgan fingerprint density at radius 2 is 2.06 bits per heavy atom. The normalized spacial score (nSPS) is 10.4. The van der Waals surface area contributed by atoms with Gasteiger partial charge in [-0.1, -0.05) is 26.2 Å². The first-order chi connectivity index (χ1) is 8.06. The molecule has 17 heavy (non-hydrogen) atoms. The second kappa shape index (κ2) is 6.03. The van der Waals surface area contributed by atoms with E-state index in [2.05, 4.69) is 6.92 Å². The summed E-state index contributed by atoms with van der Waals surface area (Å²) in [5, 5.41) is 8.76. The quantitative estimate of drug-likeness (QED) is 0.720. The molecule has 1 aromatic heterocycles. The van der Waals surface area contributed by atoms with Crippen molar-refractivity contribution in [1.29, 1.82) is 0 Å². The molecule has 0 aliphatic carbocycles. The number of rotatable bonds is 6.